The number of aromatic nitrogens is 1. The summed E-state index contributed by atoms with van der Waals surface area (Å²) in [6, 6.07) is 0. The SMILES string of the molecule is CCOC(=O)c1cncc(CN)c1C(F)F. The topological polar surface area (TPSA) is 65.2 Å². The summed E-state index contributed by atoms with van der Waals surface area (Å²) in [6.45, 7) is 1.62. The van der Waals surface area contributed by atoms with Crippen molar-refractivity contribution in [3.63, 3.8) is 0 Å². The summed E-state index contributed by atoms with van der Waals surface area (Å²) in [7, 11) is 0. The summed E-state index contributed by atoms with van der Waals surface area (Å²) < 4.78 is 30.2. The second kappa shape index (κ2) is 5.50. The van der Waals surface area contributed by atoms with E-state index in [-0.39, 0.29) is 24.3 Å². The zero-order chi connectivity index (χ0) is 12.1. The number of ether oxygens (including phenoxy) is 1. The van der Waals surface area contributed by atoms with E-state index in [0.717, 1.165) is 6.20 Å². The normalized spacial score (nSPS) is 10.6. The first-order valence-electron chi connectivity index (χ1n) is 4.73. The predicted octanol–water partition coefficient (Wildman–Crippen LogP) is 1.65. The lowest BCUT2D eigenvalue weighted by Gasteiger charge is -2.11. The standard InChI is InChI=1S/C10H12F2N2O2/c1-2-16-10(15)7-5-14-4-6(3-13)8(7)9(11)12/h4-5,9H,2-3,13H2,1H3. The molecule has 2 N–H and O–H groups in total. The Balaban J connectivity index is 3.22. The first-order chi connectivity index (χ1) is 7.61. The van der Waals surface area contributed by atoms with Crippen molar-refractivity contribution in [1.82, 2.24) is 4.98 Å². The first-order valence-corrected chi connectivity index (χ1v) is 4.73. The van der Waals surface area contributed by atoms with E-state index in [2.05, 4.69) is 9.72 Å². The van der Waals surface area contributed by atoms with Gasteiger partial charge in [0.05, 0.1) is 12.2 Å². The molecular weight excluding hydrogens is 218 g/mol. The Bertz CT molecular complexity index is 383. The number of esters is 1. The molecule has 0 saturated heterocycles. The van der Waals surface area contributed by atoms with Crippen LogP contribution in [0.25, 0.3) is 0 Å². The Morgan fingerprint density at radius 1 is 1.56 bits per heavy atom. The lowest BCUT2D eigenvalue weighted by Crippen LogP contribution is -2.13. The number of carbonyl (C=O) groups excluding carboxylic acids is 1. The minimum atomic E-state index is -2.78. The molecule has 0 amide bonds. The molecule has 0 atom stereocenters. The summed E-state index contributed by atoms with van der Waals surface area (Å²) in [5, 5.41) is 0. The van der Waals surface area contributed by atoms with Crippen LogP contribution in [0.3, 0.4) is 0 Å². The van der Waals surface area contributed by atoms with Gasteiger partial charge in [0.2, 0.25) is 0 Å². The Morgan fingerprint density at radius 2 is 2.25 bits per heavy atom. The molecule has 1 heterocycles. The minimum Gasteiger partial charge on any atom is -0.462 e. The third kappa shape index (κ3) is 2.52. The van der Waals surface area contributed by atoms with Crippen molar-refractivity contribution >= 4 is 5.97 Å². The number of halogens is 2. The van der Waals surface area contributed by atoms with Crippen LogP contribution >= 0.6 is 0 Å². The van der Waals surface area contributed by atoms with E-state index in [0.29, 0.717) is 0 Å². The molecule has 1 rings (SSSR count). The molecule has 0 aliphatic heterocycles. The number of alkyl halides is 2. The fraction of sp³-hybridized carbons (Fsp3) is 0.400. The number of nitrogens with two attached hydrogens (primary N) is 1. The number of rotatable bonds is 4. The molecule has 1 aromatic heterocycles. The van der Waals surface area contributed by atoms with Gasteiger partial charge >= 0.3 is 5.97 Å². The maximum Gasteiger partial charge on any atom is 0.340 e. The summed E-state index contributed by atoms with van der Waals surface area (Å²) in [5.41, 5.74) is 4.84. The maximum atomic E-state index is 12.8. The molecule has 0 fully saturated rings. The van der Waals surface area contributed by atoms with Crippen molar-refractivity contribution in [2.75, 3.05) is 6.61 Å². The van der Waals surface area contributed by atoms with Crippen LogP contribution in [-0.2, 0) is 11.3 Å². The second-order valence-corrected chi connectivity index (χ2v) is 2.99. The van der Waals surface area contributed by atoms with Crippen molar-refractivity contribution in [3.8, 4) is 0 Å². The molecule has 6 heteroatoms. The van der Waals surface area contributed by atoms with Gasteiger partial charge in [-0.1, -0.05) is 0 Å². The molecule has 0 spiro atoms. The zero-order valence-corrected chi connectivity index (χ0v) is 8.74. The Morgan fingerprint density at radius 3 is 2.75 bits per heavy atom. The molecule has 0 bridgehead atoms. The molecule has 88 valence electrons. The molecule has 0 aliphatic rings. The highest BCUT2D eigenvalue weighted by Gasteiger charge is 2.22. The number of hydrogen-bond acceptors (Lipinski definition) is 4. The lowest BCUT2D eigenvalue weighted by molar-refractivity contribution is 0.0514. The average Bonchev–Trinajstić information content (AvgIpc) is 2.28. The molecule has 0 radical (unpaired) electrons. The summed E-state index contributed by atoms with van der Waals surface area (Å²) in [5.74, 6) is -0.805. The van der Waals surface area contributed by atoms with Crippen molar-refractivity contribution in [2.45, 2.75) is 19.9 Å². The molecule has 0 unspecified atom stereocenters. The van der Waals surface area contributed by atoms with Crippen LogP contribution in [0.1, 0.15) is 34.8 Å². The van der Waals surface area contributed by atoms with Gasteiger partial charge in [-0.25, -0.2) is 13.6 Å². The maximum absolute atomic E-state index is 12.8. The summed E-state index contributed by atoms with van der Waals surface area (Å²) in [6.07, 6.45) is -0.482. The molecule has 1 aromatic rings. The molecular formula is C10H12F2N2O2. The molecule has 0 saturated carbocycles. The number of carbonyl (C=O) groups is 1. The van der Waals surface area contributed by atoms with Gasteiger partial charge in [-0.05, 0) is 12.5 Å². The zero-order valence-electron chi connectivity index (χ0n) is 8.74. The van der Waals surface area contributed by atoms with E-state index in [4.69, 9.17) is 5.73 Å². The van der Waals surface area contributed by atoms with Crippen LogP contribution in [0.2, 0.25) is 0 Å². The Hall–Kier alpha value is -1.56. The molecule has 0 aromatic carbocycles. The van der Waals surface area contributed by atoms with Crippen LogP contribution < -0.4 is 5.73 Å². The average molecular weight is 230 g/mol. The highest BCUT2D eigenvalue weighted by atomic mass is 19.3. The number of nitrogens with zero attached hydrogens (tertiary/aromatic N) is 1. The van der Waals surface area contributed by atoms with Crippen molar-refractivity contribution < 1.29 is 18.3 Å². The third-order valence-corrected chi connectivity index (χ3v) is 2.00. The van der Waals surface area contributed by atoms with E-state index < -0.39 is 18.0 Å². The largest absolute Gasteiger partial charge is 0.462 e. The van der Waals surface area contributed by atoms with Crippen LogP contribution in [0, 0.1) is 0 Å². The van der Waals surface area contributed by atoms with Crippen LogP contribution in [-0.4, -0.2) is 17.6 Å². The highest BCUT2D eigenvalue weighted by molar-refractivity contribution is 5.91. The van der Waals surface area contributed by atoms with E-state index in [1.165, 1.54) is 6.20 Å². The second-order valence-electron chi connectivity index (χ2n) is 2.99. The van der Waals surface area contributed by atoms with E-state index in [9.17, 15) is 13.6 Å². The fourth-order valence-corrected chi connectivity index (χ4v) is 1.31. The predicted molar refractivity (Wildman–Crippen MR) is 53.0 cm³/mol. The minimum absolute atomic E-state index is 0.0973. The van der Waals surface area contributed by atoms with Crippen molar-refractivity contribution in [1.29, 1.82) is 0 Å². The number of hydrogen-bond donors (Lipinski definition) is 1. The Labute approximate surface area is 91.4 Å². The van der Waals surface area contributed by atoms with Gasteiger partial charge < -0.3 is 10.5 Å². The van der Waals surface area contributed by atoms with E-state index in [1.54, 1.807) is 6.92 Å². The fourth-order valence-electron chi connectivity index (χ4n) is 1.31. The van der Waals surface area contributed by atoms with Crippen molar-refractivity contribution in [2.24, 2.45) is 5.73 Å². The highest BCUT2D eigenvalue weighted by Crippen LogP contribution is 2.26. The third-order valence-electron chi connectivity index (χ3n) is 2.00. The summed E-state index contributed by atoms with van der Waals surface area (Å²) >= 11 is 0. The monoisotopic (exact) mass is 230 g/mol. The van der Waals surface area contributed by atoms with Gasteiger partial charge in [0.25, 0.3) is 6.43 Å². The van der Waals surface area contributed by atoms with Gasteiger partial charge in [0.15, 0.2) is 0 Å². The van der Waals surface area contributed by atoms with Crippen molar-refractivity contribution in [3.05, 3.63) is 29.1 Å². The van der Waals surface area contributed by atoms with Crippen LogP contribution in [0.15, 0.2) is 12.4 Å². The quantitative estimate of drug-likeness (QED) is 0.799. The first kappa shape index (κ1) is 12.5. The van der Waals surface area contributed by atoms with Gasteiger partial charge in [-0.15, -0.1) is 0 Å². The van der Waals surface area contributed by atoms with E-state index in [1.807, 2.05) is 0 Å². The number of pyridine rings is 1. The van der Waals surface area contributed by atoms with Gasteiger partial charge in [-0.3, -0.25) is 4.98 Å². The lowest BCUT2D eigenvalue weighted by atomic mass is 10.1. The van der Waals surface area contributed by atoms with Gasteiger partial charge in [-0.2, -0.15) is 0 Å². The molecule has 0 aliphatic carbocycles. The van der Waals surface area contributed by atoms with E-state index >= 15 is 0 Å². The molecule has 4 nitrogen and oxygen atoms in total. The van der Waals surface area contributed by atoms with Crippen LogP contribution in [0.5, 0.6) is 0 Å². The van der Waals surface area contributed by atoms with Gasteiger partial charge in [0.1, 0.15) is 0 Å². The van der Waals surface area contributed by atoms with Gasteiger partial charge in [0, 0.05) is 24.5 Å². The van der Waals surface area contributed by atoms with Crippen LogP contribution in [0.4, 0.5) is 8.78 Å². The Kier molecular flexibility index (Phi) is 4.30. The smallest absolute Gasteiger partial charge is 0.340 e. The summed E-state index contributed by atoms with van der Waals surface area (Å²) in [4.78, 5) is 15.1. The molecule has 16 heavy (non-hydrogen) atoms.